The minimum Gasteiger partial charge on any atom is -0.445 e. The molecule has 0 spiro atoms. The molecule has 1 fully saturated rings. The van der Waals surface area contributed by atoms with Crippen molar-refractivity contribution in [3.63, 3.8) is 0 Å². The van der Waals surface area contributed by atoms with E-state index in [4.69, 9.17) is 15.2 Å². The number of hydrogen-bond donors (Lipinski definition) is 3. The summed E-state index contributed by atoms with van der Waals surface area (Å²) in [6, 6.07) is 14.3. The molecule has 1 aromatic carbocycles. The number of carbonyl (C=O) groups is 4. The molecule has 3 unspecified atom stereocenters. The molecule has 11 heteroatoms. The second kappa shape index (κ2) is 13.2. The van der Waals surface area contributed by atoms with Crippen LogP contribution in [-0.2, 0) is 37.0 Å². The predicted molar refractivity (Wildman–Crippen MR) is 139 cm³/mol. The molecule has 1 aromatic heterocycles. The largest absolute Gasteiger partial charge is 0.448 e. The molecule has 0 aliphatic carbocycles. The number of amides is 3. The quantitative estimate of drug-likeness (QED) is 0.144. The third kappa shape index (κ3) is 7.53. The van der Waals surface area contributed by atoms with E-state index in [-0.39, 0.29) is 37.7 Å². The number of hydrogen-bond acceptors (Lipinski definition) is 6. The minimum atomic E-state index is -0.921. The number of nitrogens with zero attached hydrogens (tertiary/aromatic N) is 2. The first kappa shape index (κ1) is 28.0. The van der Waals surface area contributed by atoms with Crippen molar-refractivity contribution in [1.82, 2.24) is 10.6 Å². The molecule has 4 rings (SSSR count). The number of alkyl carbamates (subject to hydrolysis) is 1. The monoisotopic (exact) mass is 539 g/mol. The highest BCUT2D eigenvalue weighted by atomic mass is 16.6. The standard InChI is InChI=1S/C28H35N5O6/c29-24(34)14-13-23(31-27(37)38-20-21-10-4-3-5-11-21)26(36)30-15-7-1-2-9-17-33-18-22-12-6-8-16-32(22)28(33)39-25(35)19-33/h3-6,8,10-12,16,23,28H,1-2,7,9,13-15,17-20H2,(H2-2,29,30,31,34,36,37)/p+2. The molecule has 0 bridgehead atoms. The zero-order chi connectivity index (χ0) is 27.7. The number of aromatic nitrogens is 1. The molecule has 3 atom stereocenters. The zero-order valence-electron chi connectivity index (χ0n) is 22.1. The van der Waals surface area contributed by atoms with Gasteiger partial charge in [0, 0.05) is 25.1 Å². The van der Waals surface area contributed by atoms with Crippen LogP contribution >= 0.6 is 0 Å². The number of fused-ring (bicyclic) bond motifs is 3. The number of quaternary nitrogens is 1. The number of unbranched alkanes of at least 4 members (excludes halogenated alkanes) is 3. The summed E-state index contributed by atoms with van der Waals surface area (Å²) >= 11 is 0. The van der Waals surface area contributed by atoms with Crippen molar-refractivity contribution in [3.8, 4) is 0 Å². The summed E-state index contributed by atoms with van der Waals surface area (Å²) in [5.41, 5.74) is 7.23. The van der Waals surface area contributed by atoms with Gasteiger partial charge in [0.1, 0.15) is 12.6 Å². The number of ether oxygens (including phenoxy) is 2. The molecule has 2 aromatic rings. The molecule has 0 saturated carbocycles. The Balaban J connectivity index is 1.16. The Hall–Kier alpha value is -3.99. The Bertz CT molecular complexity index is 1180. The Morgan fingerprint density at radius 3 is 2.62 bits per heavy atom. The molecule has 11 nitrogen and oxygen atoms in total. The fourth-order valence-corrected chi connectivity index (χ4v) is 5.19. The van der Waals surface area contributed by atoms with Crippen LogP contribution in [0.15, 0.2) is 54.7 Å². The van der Waals surface area contributed by atoms with Gasteiger partial charge in [-0.15, -0.1) is 4.57 Å². The third-order valence-electron chi connectivity index (χ3n) is 7.17. The number of primary amides is 1. The Labute approximate surface area is 227 Å². The lowest BCUT2D eigenvalue weighted by Gasteiger charge is -2.25. The van der Waals surface area contributed by atoms with Crippen LogP contribution < -0.4 is 20.9 Å². The Kier molecular flexibility index (Phi) is 9.48. The number of rotatable bonds is 14. The molecule has 2 aliphatic heterocycles. The van der Waals surface area contributed by atoms with Crippen molar-refractivity contribution in [2.75, 3.05) is 19.6 Å². The van der Waals surface area contributed by atoms with Crippen LogP contribution in [0.1, 0.15) is 56.1 Å². The van der Waals surface area contributed by atoms with Gasteiger partial charge in [-0.25, -0.2) is 14.1 Å². The topological polar surface area (TPSA) is 141 Å². The summed E-state index contributed by atoms with van der Waals surface area (Å²) in [6.45, 7) is 2.52. The van der Waals surface area contributed by atoms with Gasteiger partial charge < -0.3 is 25.8 Å². The molecule has 39 heavy (non-hydrogen) atoms. The molecule has 4 N–H and O–H groups in total. The molecule has 3 heterocycles. The Morgan fingerprint density at radius 2 is 1.82 bits per heavy atom. The summed E-state index contributed by atoms with van der Waals surface area (Å²) in [7, 11) is 0. The van der Waals surface area contributed by atoms with Crippen LogP contribution in [0.25, 0.3) is 0 Å². The molecular formula is C28H37N5O6+2. The highest BCUT2D eigenvalue weighted by molar-refractivity contribution is 5.86. The number of nitrogens with two attached hydrogens (primary N) is 1. The Morgan fingerprint density at radius 1 is 1.05 bits per heavy atom. The normalized spacial score (nSPS) is 19.9. The third-order valence-corrected chi connectivity index (χ3v) is 7.17. The zero-order valence-corrected chi connectivity index (χ0v) is 22.1. The van der Waals surface area contributed by atoms with Crippen LogP contribution in [0.3, 0.4) is 0 Å². The van der Waals surface area contributed by atoms with Crippen molar-refractivity contribution in [3.05, 3.63) is 66.0 Å². The first-order valence-electron chi connectivity index (χ1n) is 13.4. The lowest BCUT2D eigenvalue weighted by atomic mass is 10.1. The van der Waals surface area contributed by atoms with Crippen molar-refractivity contribution >= 4 is 23.9 Å². The van der Waals surface area contributed by atoms with Crippen molar-refractivity contribution in [2.45, 2.75) is 64.1 Å². The van der Waals surface area contributed by atoms with Crippen LogP contribution in [-0.4, -0.2) is 54.0 Å². The van der Waals surface area contributed by atoms with Gasteiger partial charge in [0.05, 0.1) is 6.54 Å². The molecule has 2 aliphatic rings. The first-order chi connectivity index (χ1) is 18.9. The van der Waals surface area contributed by atoms with Gasteiger partial charge in [-0.2, -0.15) is 0 Å². The lowest BCUT2D eigenvalue weighted by Crippen LogP contribution is -2.51. The van der Waals surface area contributed by atoms with E-state index in [0.29, 0.717) is 17.6 Å². The molecule has 3 amide bonds. The van der Waals surface area contributed by atoms with Crippen LogP contribution in [0, 0.1) is 0 Å². The summed E-state index contributed by atoms with van der Waals surface area (Å²) in [5.74, 6) is -1.09. The smallest absolute Gasteiger partial charge is 0.445 e. The first-order valence-corrected chi connectivity index (χ1v) is 13.4. The minimum absolute atomic E-state index is 0.0353. The number of benzene rings is 1. The molecule has 0 radical (unpaired) electrons. The van der Waals surface area contributed by atoms with E-state index in [1.54, 1.807) is 0 Å². The maximum Gasteiger partial charge on any atom is 0.448 e. The van der Waals surface area contributed by atoms with Gasteiger partial charge in [0.15, 0.2) is 19.3 Å². The van der Waals surface area contributed by atoms with Gasteiger partial charge >= 0.3 is 18.4 Å². The fraction of sp³-hybridized carbons (Fsp3) is 0.464. The van der Waals surface area contributed by atoms with Gasteiger partial charge in [-0.05, 0) is 37.3 Å². The lowest BCUT2D eigenvalue weighted by molar-refractivity contribution is -1.06. The summed E-state index contributed by atoms with van der Waals surface area (Å²) < 4.78 is 13.5. The number of esters is 1. The van der Waals surface area contributed by atoms with E-state index < -0.39 is 18.0 Å². The molecule has 208 valence electrons. The SMILES string of the molecule is NC(=O)CCC(NC(=O)OCc1ccccc1)C(=O)NCCCCCC[N+]12CC(=O)OC1[n+]1ccccc1C2. The van der Waals surface area contributed by atoms with Crippen LogP contribution in [0.5, 0.6) is 0 Å². The maximum absolute atomic E-state index is 12.7. The van der Waals surface area contributed by atoms with E-state index in [2.05, 4.69) is 21.3 Å². The van der Waals surface area contributed by atoms with Gasteiger partial charge in [0.2, 0.25) is 17.5 Å². The summed E-state index contributed by atoms with van der Waals surface area (Å²) in [5, 5.41) is 5.38. The highest BCUT2D eigenvalue weighted by Gasteiger charge is 2.60. The average Bonchev–Trinajstić information content (AvgIpc) is 3.40. The number of nitrogens with one attached hydrogen (secondary N) is 2. The van der Waals surface area contributed by atoms with E-state index in [1.807, 2.05) is 48.7 Å². The van der Waals surface area contributed by atoms with Crippen LogP contribution in [0.4, 0.5) is 4.79 Å². The fourth-order valence-electron chi connectivity index (χ4n) is 5.19. The second-order valence-electron chi connectivity index (χ2n) is 10.1. The van der Waals surface area contributed by atoms with E-state index in [0.717, 1.165) is 44.3 Å². The molecule has 1 saturated heterocycles. The van der Waals surface area contributed by atoms with E-state index >= 15 is 0 Å². The van der Waals surface area contributed by atoms with Crippen molar-refractivity contribution in [1.29, 1.82) is 0 Å². The highest BCUT2D eigenvalue weighted by Crippen LogP contribution is 2.35. The predicted octanol–water partition coefficient (Wildman–Crippen LogP) is 1.55. The second-order valence-corrected chi connectivity index (χ2v) is 10.1. The maximum atomic E-state index is 12.7. The van der Waals surface area contributed by atoms with E-state index in [9.17, 15) is 19.2 Å². The number of carbonyl (C=O) groups excluding carboxylic acids is 4. The summed E-state index contributed by atoms with van der Waals surface area (Å²) in [6.07, 6.45) is 4.56. The van der Waals surface area contributed by atoms with Gasteiger partial charge in [-0.1, -0.05) is 36.8 Å². The van der Waals surface area contributed by atoms with Gasteiger partial charge in [-0.3, -0.25) is 9.59 Å². The van der Waals surface area contributed by atoms with Crippen LogP contribution in [0.2, 0.25) is 0 Å². The summed E-state index contributed by atoms with van der Waals surface area (Å²) in [4.78, 5) is 48.3. The van der Waals surface area contributed by atoms with Gasteiger partial charge in [0.25, 0.3) is 0 Å². The average molecular weight is 540 g/mol. The van der Waals surface area contributed by atoms with Crippen molar-refractivity contribution in [2.24, 2.45) is 5.73 Å². The molecular weight excluding hydrogens is 502 g/mol. The number of pyridine rings is 1. The van der Waals surface area contributed by atoms with E-state index in [1.165, 1.54) is 5.69 Å². The van der Waals surface area contributed by atoms with Crippen molar-refractivity contribution < 1.29 is 37.7 Å².